The predicted molar refractivity (Wildman–Crippen MR) is 97.2 cm³/mol. The van der Waals surface area contributed by atoms with E-state index in [2.05, 4.69) is 31.2 Å². The van der Waals surface area contributed by atoms with Crippen molar-refractivity contribution in [1.82, 2.24) is 10.5 Å². The van der Waals surface area contributed by atoms with E-state index in [0.29, 0.717) is 13.0 Å². The molecular formula is C20H28N2O3. The van der Waals surface area contributed by atoms with E-state index in [1.54, 1.807) is 0 Å². The van der Waals surface area contributed by atoms with Crippen molar-refractivity contribution < 1.29 is 14.4 Å². The Bertz CT molecular complexity index is 692. The summed E-state index contributed by atoms with van der Waals surface area (Å²) in [6, 6.07) is 7.95. The Hall–Kier alpha value is -2.14. The van der Waals surface area contributed by atoms with Gasteiger partial charge < -0.3 is 14.9 Å². The van der Waals surface area contributed by atoms with Crippen molar-refractivity contribution in [2.75, 3.05) is 0 Å². The zero-order valence-electron chi connectivity index (χ0n) is 15.7. The van der Waals surface area contributed by atoms with Crippen molar-refractivity contribution >= 4 is 5.91 Å². The van der Waals surface area contributed by atoms with Gasteiger partial charge in [0, 0.05) is 18.5 Å². The maximum absolute atomic E-state index is 12.0. The van der Waals surface area contributed by atoms with Crippen LogP contribution in [-0.2, 0) is 16.8 Å². The van der Waals surface area contributed by atoms with Gasteiger partial charge in [-0.2, -0.15) is 0 Å². The molecule has 0 saturated heterocycles. The standard InChI is InChI=1S/C20H28N2O3/c1-13-17(14(2)25-22-13)12-21-19(24)11-10-18(23)15-6-8-16(9-7-15)20(3,4)5/h6-9,18,23H,10-12H2,1-5H3,(H,21,24)/t18-/m0/s1. The number of carbonyl (C=O) groups excluding carboxylic acids is 1. The summed E-state index contributed by atoms with van der Waals surface area (Å²) >= 11 is 0. The molecule has 0 radical (unpaired) electrons. The average Bonchev–Trinajstić information content (AvgIpc) is 2.88. The number of nitrogens with one attached hydrogen (secondary N) is 1. The lowest BCUT2D eigenvalue weighted by Gasteiger charge is -2.20. The molecule has 1 atom stereocenters. The summed E-state index contributed by atoms with van der Waals surface area (Å²) in [5, 5.41) is 17.0. The largest absolute Gasteiger partial charge is 0.388 e. The van der Waals surface area contributed by atoms with Crippen LogP contribution in [0.25, 0.3) is 0 Å². The van der Waals surface area contributed by atoms with Gasteiger partial charge in [-0.05, 0) is 36.8 Å². The van der Waals surface area contributed by atoms with Crippen LogP contribution in [0.15, 0.2) is 28.8 Å². The Kier molecular flexibility index (Phi) is 6.01. The maximum Gasteiger partial charge on any atom is 0.220 e. The van der Waals surface area contributed by atoms with E-state index in [-0.39, 0.29) is 17.7 Å². The predicted octanol–water partition coefficient (Wildman–Crippen LogP) is 3.72. The van der Waals surface area contributed by atoms with Gasteiger partial charge in [0.1, 0.15) is 5.76 Å². The van der Waals surface area contributed by atoms with Crippen molar-refractivity contribution in [2.24, 2.45) is 0 Å². The Morgan fingerprint density at radius 3 is 2.40 bits per heavy atom. The highest BCUT2D eigenvalue weighted by atomic mass is 16.5. The van der Waals surface area contributed by atoms with E-state index in [0.717, 1.165) is 22.6 Å². The van der Waals surface area contributed by atoms with Crippen LogP contribution in [0.5, 0.6) is 0 Å². The van der Waals surface area contributed by atoms with Gasteiger partial charge in [-0.25, -0.2) is 0 Å². The summed E-state index contributed by atoms with van der Waals surface area (Å²) in [5.74, 6) is 0.627. The molecule has 136 valence electrons. The van der Waals surface area contributed by atoms with E-state index >= 15 is 0 Å². The highest BCUT2D eigenvalue weighted by Crippen LogP contribution is 2.25. The minimum Gasteiger partial charge on any atom is -0.388 e. The molecule has 0 aliphatic carbocycles. The minimum absolute atomic E-state index is 0.0849. The van der Waals surface area contributed by atoms with E-state index in [9.17, 15) is 9.90 Å². The zero-order chi connectivity index (χ0) is 18.6. The third-order valence-electron chi connectivity index (χ3n) is 4.45. The molecule has 1 amide bonds. The molecule has 1 heterocycles. The number of aromatic nitrogens is 1. The second kappa shape index (κ2) is 7.83. The molecule has 0 aliphatic rings. The highest BCUT2D eigenvalue weighted by molar-refractivity contribution is 5.75. The van der Waals surface area contributed by atoms with Crippen molar-refractivity contribution in [3.63, 3.8) is 0 Å². The first-order valence-corrected chi connectivity index (χ1v) is 8.65. The second-order valence-electron chi connectivity index (χ2n) is 7.51. The normalized spacial score (nSPS) is 12.9. The summed E-state index contributed by atoms with van der Waals surface area (Å²) in [4.78, 5) is 12.0. The number of nitrogens with zero attached hydrogens (tertiary/aromatic N) is 1. The Labute approximate surface area is 149 Å². The second-order valence-corrected chi connectivity index (χ2v) is 7.51. The number of aliphatic hydroxyl groups is 1. The average molecular weight is 344 g/mol. The van der Waals surface area contributed by atoms with Crippen molar-refractivity contribution in [1.29, 1.82) is 0 Å². The molecule has 0 fully saturated rings. The number of benzene rings is 1. The van der Waals surface area contributed by atoms with Gasteiger partial charge in [-0.15, -0.1) is 0 Å². The van der Waals surface area contributed by atoms with Crippen molar-refractivity contribution in [3.8, 4) is 0 Å². The number of hydrogen-bond donors (Lipinski definition) is 2. The molecular weight excluding hydrogens is 316 g/mol. The number of aryl methyl sites for hydroxylation is 2. The van der Waals surface area contributed by atoms with E-state index in [4.69, 9.17) is 4.52 Å². The zero-order valence-corrected chi connectivity index (χ0v) is 15.7. The molecule has 0 bridgehead atoms. The van der Waals surface area contributed by atoms with Crippen LogP contribution in [0.1, 0.15) is 67.9 Å². The molecule has 1 aromatic carbocycles. The SMILES string of the molecule is Cc1noc(C)c1CNC(=O)CC[C@H](O)c1ccc(C(C)(C)C)cc1. The molecule has 0 spiro atoms. The Morgan fingerprint density at radius 2 is 1.88 bits per heavy atom. The van der Waals surface area contributed by atoms with Crippen LogP contribution < -0.4 is 5.32 Å². The summed E-state index contributed by atoms with van der Waals surface area (Å²) in [6.07, 6.45) is 0.0206. The molecule has 0 aliphatic heterocycles. The van der Waals surface area contributed by atoms with E-state index < -0.39 is 6.10 Å². The third kappa shape index (κ3) is 5.16. The quantitative estimate of drug-likeness (QED) is 0.837. The summed E-state index contributed by atoms with van der Waals surface area (Å²) in [5.41, 5.74) is 3.84. The van der Waals surface area contributed by atoms with Crippen LogP contribution in [0.3, 0.4) is 0 Å². The number of carbonyl (C=O) groups is 1. The fourth-order valence-electron chi connectivity index (χ4n) is 2.67. The van der Waals surface area contributed by atoms with Crippen LogP contribution in [0, 0.1) is 13.8 Å². The number of aliphatic hydroxyl groups excluding tert-OH is 1. The molecule has 2 aromatic rings. The molecule has 2 N–H and O–H groups in total. The fraction of sp³-hybridized carbons (Fsp3) is 0.500. The van der Waals surface area contributed by atoms with Crippen LogP contribution in [0.2, 0.25) is 0 Å². The van der Waals surface area contributed by atoms with Crippen LogP contribution in [-0.4, -0.2) is 16.2 Å². The highest BCUT2D eigenvalue weighted by Gasteiger charge is 2.16. The van der Waals surface area contributed by atoms with Crippen molar-refractivity contribution in [3.05, 3.63) is 52.4 Å². The minimum atomic E-state index is -0.640. The first kappa shape index (κ1) is 19.2. The molecule has 5 nitrogen and oxygen atoms in total. The first-order valence-electron chi connectivity index (χ1n) is 8.65. The Balaban J connectivity index is 1.83. The van der Waals surface area contributed by atoms with Gasteiger partial charge in [-0.1, -0.05) is 50.2 Å². The lowest BCUT2D eigenvalue weighted by molar-refractivity contribution is -0.121. The van der Waals surface area contributed by atoms with Gasteiger partial charge in [0.05, 0.1) is 11.8 Å². The lowest BCUT2D eigenvalue weighted by Crippen LogP contribution is -2.23. The van der Waals surface area contributed by atoms with Gasteiger partial charge in [0.2, 0.25) is 5.91 Å². The maximum atomic E-state index is 12.0. The Morgan fingerprint density at radius 1 is 1.24 bits per heavy atom. The van der Waals surface area contributed by atoms with Crippen LogP contribution >= 0.6 is 0 Å². The van der Waals surface area contributed by atoms with E-state index in [1.165, 1.54) is 5.56 Å². The van der Waals surface area contributed by atoms with Crippen molar-refractivity contribution in [2.45, 2.75) is 65.5 Å². The smallest absolute Gasteiger partial charge is 0.220 e. The topological polar surface area (TPSA) is 75.4 Å². The molecule has 25 heavy (non-hydrogen) atoms. The molecule has 2 rings (SSSR count). The summed E-state index contributed by atoms with van der Waals surface area (Å²) in [6.45, 7) is 10.5. The molecule has 5 heteroatoms. The van der Waals surface area contributed by atoms with Crippen LogP contribution in [0.4, 0.5) is 0 Å². The van der Waals surface area contributed by atoms with Gasteiger partial charge in [0.15, 0.2) is 0 Å². The monoisotopic (exact) mass is 344 g/mol. The van der Waals surface area contributed by atoms with E-state index in [1.807, 2.05) is 38.1 Å². The third-order valence-corrected chi connectivity index (χ3v) is 4.45. The molecule has 0 unspecified atom stereocenters. The summed E-state index contributed by atoms with van der Waals surface area (Å²) < 4.78 is 5.08. The van der Waals surface area contributed by atoms with Gasteiger partial charge in [-0.3, -0.25) is 4.79 Å². The van der Waals surface area contributed by atoms with Gasteiger partial charge in [0.25, 0.3) is 0 Å². The van der Waals surface area contributed by atoms with Gasteiger partial charge >= 0.3 is 0 Å². The number of amides is 1. The lowest BCUT2D eigenvalue weighted by atomic mass is 9.86. The first-order chi connectivity index (χ1) is 11.7. The summed E-state index contributed by atoms with van der Waals surface area (Å²) in [7, 11) is 0. The molecule has 0 saturated carbocycles. The molecule has 1 aromatic heterocycles. The number of hydrogen-bond acceptors (Lipinski definition) is 4. The fourth-order valence-corrected chi connectivity index (χ4v) is 2.67. The number of rotatable bonds is 6.